The molecule has 0 aliphatic carbocycles. The number of nitrogens with one attached hydrogen (secondary N) is 2. The van der Waals surface area contributed by atoms with Crippen LogP contribution in [0.15, 0.2) is 24.3 Å². The highest BCUT2D eigenvalue weighted by molar-refractivity contribution is 5.88. The second kappa shape index (κ2) is 9.33. The van der Waals surface area contributed by atoms with Crippen molar-refractivity contribution in [3.63, 3.8) is 0 Å². The molecule has 21 heavy (non-hydrogen) atoms. The predicted molar refractivity (Wildman–Crippen MR) is 81.4 cm³/mol. The van der Waals surface area contributed by atoms with E-state index in [1.165, 1.54) is 6.92 Å². The van der Waals surface area contributed by atoms with Crippen molar-refractivity contribution in [3.8, 4) is 5.75 Å². The van der Waals surface area contributed by atoms with Crippen LogP contribution >= 0.6 is 0 Å². The minimum atomic E-state index is -0.652. The van der Waals surface area contributed by atoms with E-state index in [0.717, 1.165) is 6.42 Å². The molecule has 6 heteroatoms. The summed E-state index contributed by atoms with van der Waals surface area (Å²) < 4.78 is 5.46. The monoisotopic (exact) mass is 296 g/mol. The van der Waals surface area contributed by atoms with Crippen molar-refractivity contribution >= 4 is 11.6 Å². The van der Waals surface area contributed by atoms with Crippen molar-refractivity contribution in [1.82, 2.24) is 5.32 Å². The van der Waals surface area contributed by atoms with Gasteiger partial charge >= 0.3 is 0 Å². The molecule has 0 spiro atoms. The van der Waals surface area contributed by atoms with Crippen LogP contribution < -0.4 is 15.4 Å². The highest BCUT2D eigenvalue weighted by Crippen LogP contribution is 2.15. The van der Waals surface area contributed by atoms with Gasteiger partial charge in [0, 0.05) is 25.2 Å². The summed E-state index contributed by atoms with van der Waals surface area (Å²) in [5, 5.41) is 24.6. The minimum absolute atomic E-state index is 0.00316. The second-order valence-corrected chi connectivity index (χ2v) is 4.87. The third-order valence-electron chi connectivity index (χ3n) is 2.97. The fraction of sp³-hybridized carbons (Fsp3) is 0.533. The van der Waals surface area contributed by atoms with Crippen molar-refractivity contribution in [3.05, 3.63) is 24.3 Å². The number of hydrogen-bond donors (Lipinski definition) is 4. The zero-order chi connectivity index (χ0) is 15.7. The normalized spacial score (nSPS) is 13.5. The summed E-state index contributed by atoms with van der Waals surface area (Å²) in [6.45, 7) is 3.99. The number of carbonyl (C=O) groups excluding carboxylic acids is 1. The Morgan fingerprint density at radius 2 is 2.00 bits per heavy atom. The number of rotatable bonds is 9. The van der Waals surface area contributed by atoms with E-state index in [2.05, 4.69) is 10.6 Å². The summed E-state index contributed by atoms with van der Waals surface area (Å²) in [5.41, 5.74) is 0.700. The lowest BCUT2D eigenvalue weighted by Crippen LogP contribution is -2.39. The third-order valence-corrected chi connectivity index (χ3v) is 2.97. The van der Waals surface area contributed by atoms with Gasteiger partial charge in [-0.05, 0) is 30.7 Å². The molecular weight excluding hydrogens is 272 g/mol. The van der Waals surface area contributed by atoms with Gasteiger partial charge < -0.3 is 25.6 Å². The fourth-order valence-electron chi connectivity index (χ4n) is 1.73. The van der Waals surface area contributed by atoms with Crippen LogP contribution in [0.3, 0.4) is 0 Å². The van der Waals surface area contributed by atoms with Crippen LogP contribution in [0.5, 0.6) is 5.75 Å². The number of anilines is 1. The highest BCUT2D eigenvalue weighted by Gasteiger charge is 2.09. The van der Waals surface area contributed by atoms with E-state index in [9.17, 15) is 9.90 Å². The van der Waals surface area contributed by atoms with Crippen molar-refractivity contribution in [1.29, 1.82) is 0 Å². The van der Waals surface area contributed by atoms with Crippen LogP contribution in [0.4, 0.5) is 5.69 Å². The Bertz CT molecular complexity index is 418. The number of hydrogen-bond acceptors (Lipinski definition) is 5. The maximum absolute atomic E-state index is 10.9. The first-order valence-corrected chi connectivity index (χ1v) is 7.08. The Kier molecular flexibility index (Phi) is 7.74. The van der Waals surface area contributed by atoms with Crippen LogP contribution in [-0.2, 0) is 4.79 Å². The molecule has 1 amide bonds. The van der Waals surface area contributed by atoms with Gasteiger partial charge in [0.2, 0.25) is 5.91 Å². The van der Waals surface area contributed by atoms with Crippen molar-refractivity contribution in [2.75, 3.05) is 25.1 Å². The van der Waals surface area contributed by atoms with Crippen LogP contribution in [0.2, 0.25) is 0 Å². The van der Waals surface area contributed by atoms with Crippen LogP contribution in [0, 0.1) is 0 Å². The van der Waals surface area contributed by atoms with E-state index in [0.29, 0.717) is 18.0 Å². The third kappa shape index (κ3) is 7.08. The molecule has 1 aromatic carbocycles. The first-order valence-electron chi connectivity index (χ1n) is 7.08. The SMILES string of the molecule is CCC(CO)NCC(O)COc1ccc(NC(C)=O)cc1. The van der Waals surface area contributed by atoms with E-state index < -0.39 is 6.10 Å². The summed E-state index contributed by atoms with van der Waals surface area (Å²) in [7, 11) is 0. The fourth-order valence-corrected chi connectivity index (χ4v) is 1.73. The molecule has 0 aromatic heterocycles. The number of ether oxygens (including phenoxy) is 1. The molecule has 0 aliphatic heterocycles. The number of aliphatic hydroxyl groups excluding tert-OH is 2. The molecule has 6 nitrogen and oxygen atoms in total. The summed E-state index contributed by atoms with van der Waals surface area (Å²) in [6, 6.07) is 6.93. The molecule has 1 aromatic rings. The lowest BCUT2D eigenvalue weighted by atomic mass is 10.2. The number of benzene rings is 1. The van der Waals surface area contributed by atoms with Gasteiger partial charge in [-0.15, -0.1) is 0 Å². The minimum Gasteiger partial charge on any atom is -0.491 e. The number of aliphatic hydroxyl groups is 2. The molecule has 1 rings (SSSR count). The molecule has 2 atom stereocenters. The molecule has 0 saturated heterocycles. The summed E-state index contributed by atoms with van der Waals surface area (Å²) >= 11 is 0. The summed E-state index contributed by atoms with van der Waals surface area (Å²) in [4.78, 5) is 10.9. The van der Waals surface area contributed by atoms with Crippen molar-refractivity contribution in [2.45, 2.75) is 32.4 Å². The molecular formula is C15H24N2O4. The maximum atomic E-state index is 10.9. The Morgan fingerprint density at radius 3 is 2.52 bits per heavy atom. The Balaban J connectivity index is 2.32. The van der Waals surface area contributed by atoms with Crippen LogP contribution in [0.1, 0.15) is 20.3 Å². The average molecular weight is 296 g/mol. The predicted octanol–water partition coefficient (Wildman–Crippen LogP) is 0.745. The van der Waals surface area contributed by atoms with Gasteiger partial charge in [0.25, 0.3) is 0 Å². The molecule has 4 N–H and O–H groups in total. The summed E-state index contributed by atoms with van der Waals surface area (Å²) in [6.07, 6.45) is 0.148. The standard InChI is InChI=1S/C15H24N2O4/c1-3-12(9-18)16-8-14(20)10-21-15-6-4-13(5-7-15)17-11(2)19/h4-7,12,14,16,18,20H,3,8-10H2,1-2H3,(H,17,19). The molecule has 2 unspecified atom stereocenters. The molecule has 0 aliphatic rings. The van der Waals surface area contributed by atoms with E-state index in [4.69, 9.17) is 9.84 Å². The molecule has 0 heterocycles. The molecule has 0 bridgehead atoms. The van der Waals surface area contributed by atoms with Crippen molar-refractivity contribution < 1.29 is 19.7 Å². The lowest BCUT2D eigenvalue weighted by molar-refractivity contribution is -0.114. The van der Waals surface area contributed by atoms with E-state index >= 15 is 0 Å². The van der Waals surface area contributed by atoms with Gasteiger partial charge in [-0.1, -0.05) is 6.92 Å². The van der Waals surface area contributed by atoms with Gasteiger partial charge in [0.15, 0.2) is 0 Å². The first kappa shape index (κ1) is 17.4. The highest BCUT2D eigenvalue weighted by atomic mass is 16.5. The van der Waals surface area contributed by atoms with Gasteiger partial charge in [0.05, 0.1) is 6.61 Å². The quantitative estimate of drug-likeness (QED) is 0.540. The molecule has 118 valence electrons. The molecule has 0 saturated carbocycles. The Labute approximate surface area is 125 Å². The van der Waals surface area contributed by atoms with Gasteiger partial charge in [-0.25, -0.2) is 0 Å². The lowest BCUT2D eigenvalue weighted by Gasteiger charge is -2.18. The van der Waals surface area contributed by atoms with E-state index in [-0.39, 0.29) is 25.2 Å². The van der Waals surface area contributed by atoms with Crippen LogP contribution in [-0.4, -0.2) is 48.0 Å². The Hall–Kier alpha value is -1.63. The average Bonchev–Trinajstić information content (AvgIpc) is 2.47. The van der Waals surface area contributed by atoms with Gasteiger partial charge in [0.1, 0.15) is 18.5 Å². The molecule has 0 fully saturated rings. The first-order chi connectivity index (χ1) is 10.0. The second-order valence-electron chi connectivity index (χ2n) is 4.87. The van der Waals surface area contributed by atoms with Crippen LogP contribution in [0.25, 0.3) is 0 Å². The maximum Gasteiger partial charge on any atom is 0.221 e. The van der Waals surface area contributed by atoms with E-state index in [1.807, 2.05) is 6.92 Å². The number of amides is 1. The molecule has 0 radical (unpaired) electrons. The number of carbonyl (C=O) groups is 1. The smallest absolute Gasteiger partial charge is 0.221 e. The van der Waals surface area contributed by atoms with Gasteiger partial charge in [-0.3, -0.25) is 4.79 Å². The zero-order valence-corrected chi connectivity index (χ0v) is 12.5. The zero-order valence-electron chi connectivity index (χ0n) is 12.5. The Morgan fingerprint density at radius 1 is 1.33 bits per heavy atom. The van der Waals surface area contributed by atoms with Crippen molar-refractivity contribution in [2.24, 2.45) is 0 Å². The largest absolute Gasteiger partial charge is 0.491 e. The topological polar surface area (TPSA) is 90.8 Å². The van der Waals surface area contributed by atoms with Gasteiger partial charge in [-0.2, -0.15) is 0 Å². The summed E-state index contributed by atoms with van der Waals surface area (Å²) in [5.74, 6) is 0.497. The van der Waals surface area contributed by atoms with E-state index in [1.54, 1.807) is 24.3 Å².